The van der Waals surface area contributed by atoms with E-state index >= 15 is 0 Å². The van der Waals surface area contributed by atoms with Gasteiger partial charge in [-0.3, -0.25) is 14.4 Å². The second-order valence-electron chi connectivity index (χ2n) is 7.41. The first-order valence-corrected chi connectivity index (χ1v) is 10.2. The lowest BCUT2D eigenvalue weighted by Crippen LogP contribution is -2.37. The van der Waals surface area contributed by atoms with Crippen LogP contribution in [0.2, 0.25) is 0 Å². The number of rotatable bonds is 7. The van der Waals surface area contributed by atoms with E-state index in [1.165, 1.54) is 11.0 Å². The van der Waals surface area contributed by atoms with Crippen LogP contribution in [0.15, 0.2) is 45.3 Å². The Hall–Kier alpha value is -3.13. The molecule has 8 heteroatoms. The number of carbonyl (C=O) groups excluding carboxylic acids is 1. The Morgan fingerprint density at radius 2 is 1.86 bits per heavy atom. The predicted octanol–water partition coefficient (Wildman–Crippen LogP) is 3.06. The summed E-state index contributed by atoms with van der Waals surface area (Å²) in [6.45, 7) is 0. The van der Waals surface area contributed by atoms with Crippen molar-refractivity contribution < 1.29 is 9.90 Å². The number of hydrogen-bond acceptors (Lipinski definition) is 7. The van der Waals surface area contributed by atoms with Gasteiger partial charge in [0.25, 0.3) is 16.8 Å². The fraction of sp³-hybridized carbons (Fsp3) is 0.286. The number of hydrogen-bond donors (Lipinski definition) is 3. The lowest BCUT2D eigenvalue weighted by Gasteiger charge is -2.22. The molecule has 1 saturated carbocycles. The van der Waals surface area contributed by atoms with E-state index in [2.05, 4.69) is 10.6 Å². The number of nitrogens with zero attached hydrogens (tertiary/aromatic N) is 1. The van der Waals surface area contributed by atoms with Gasteiger partial charge in [0.15, 0.2) is 5.75 Å². The Morgan fingerprint density at radius 3 is 2.48 bits per heavy atom. The molecular formula is C21H21N3O4S. The molecule has 1 atom stereocenters. The van der Waals surface area contributed by atoms with Crippen molar-refractivity contribution in [2.75, 3.05) is 24.7 Å². The van der Waals surface area contributed by atoms with Crippen molar-refractivity contribution in [2.24, 2.45) is 5.92 Å². The maximum atomic E-state index is 12.2. The summed E-state index contributed by atoms with van der Waals surface area (Å²) >= 11 is 1.61. The standard InChI is InChI=1S/C21H21N3O4S/c1-24(2)21(28)12-5-3-6-13(18(12)25)22-16-17(20(27)19(16)26)23-15(11-8-9-11)14-7-4-10-29-14/h3-7,10-11,15,22-23,25H,8-9H2,1-2H3/t15-/m1/s1. The van der Waals surface area contributed by atoms with Crippen molar-refractivity contribution in [3.05, 3.63) is 66.6 Å². The fourth-order valence-corrected chi connectivity index (χ4v) is 4.19. The van der Waals surface area contributed by atoms with E-state index in [-0.39, 0.29) is 40.3 Å². The first-order valence-electron chi connectivity index (χ1n) is 9.32. The molecule has 0 bridgehead atoms. The third-order valence-corrected chi connectivity index (χ3v) is 6.04. The summed E-state index contributed by atoms with van der Waals surface area (Å²) in [5.41, 5.74) is -0.563. The summed E-state index contributed by atoms with van der Waals surface area (Å²) < 4.78 is 0. The van der Waals surface area contributed by atoms with Crippen LogP contribution in [0, 0.1) is 5.92 Å². The molecule has 0 aliphatic heterocycles. The molecule has 1 aliphatic carbocycles. The molecule has 4 rings (SSSR count). The summed E-state index contributed by atoms with van der Waals surface area (Å²) in [6, 6.07) is 8.62. The van der Waals surface area contributed by atoms with Crippen molar-refractivity contribution in [1.82, 2.24) is 4.90 Å². The normalized spacial score (nSPS) is 14.6. The van der Waals surface area contributed by atoms with Gasteiger partial charge in [-0.25, -0.2) is 0 Å². The lowest BCUT2D eigenvalue weighted by atomic mass is 10.1. The van der Waals surface area contributed by atoms with Crippen molar-refractivity contribution >= 4 is 34.3 Å². The molecule has 29 heavy (non-hydrogen) atoms. The molecule has 2 aromatic carbocycles. The maximum absolute atomic E-state index is 12.2. The van der Waals surface area contributed by atoms with E-state index < -0.39 is 10.9 Å². The number of nitrogens with one attached hydrogen (secondary N) is 2. The van der Waals surface area contributed by atoms with Crippen molar-refractivity contribution in [3.8, 4) is 5.75 Å². The van der Waals surface area contributed by atoms with Gasteiger partial charge in [-0.15, -0.1) is 11.3 Å². The third-order valence-electron chi connectivity index (χ3n) is 5.09. The minimum Gasteiger partial charge on any atom is -0.505 e. The number of benzene rings is 1. The number of amides is 1. The van der Waals surface area contributed by atoms with Crippen LogP contribution >= 0.6 is 11.3 Å². The summed E-state index contributed by atoms with van der Waals surface area (Å²) in [5, 5.41) is 18.6. The van der Waals surface area contributed by atoms with Gasteiger partial charge >= 0.3 is 0 Å². The molecule has 3 aromatic rings. The van der Waals surface area contributed by atoms with Gasteiger partial charge in [0.1, 0.15) is 11.4 Å². The highest BCUT2D eigenvalue weighted by atomic mass is 32.1. The second kappa shape index (κ2) is 7.36. The number of carbonyl (C=O) groups is 1. The number of para-hydroxylation sites is 1. The number of phenols is 1. The molecule has 0 spiro atoms. The van der Waals surface area contributed by atoms with E-state index in [9.17, 15) is 19.5 Å². The smallest absolute Gasteiger partial charge is 0.257 e. The molecule has 0 unspecified atom stereocenters. The van der Waals surface area contributed by atoms with Crippen LogP contribution < -0.4 is 21.5 Å². The largest absolute Gasteiger partial charge is 0.505 e. The van der Waals surface area contributed by atoms with Gasteiger partial charge in [-0.2, -0.15) is 0 Å². The number of anilines is 3. The van der Waals surface area contributed by atoms with E-state index in [0.717, 1.165) is 17.7 Å². The Morgan fingerprint density at radius 1 is 1.14 bits per heavy atom. The zero-order valence-electron chi connectivity index (χ0n) is 16.1. The molecule has 1 aromatic heterocycles. The molecule has 3 N–H and O–H groups in total. The van der Waals surface area contributed by atoms with Crippen molar-refractivity contribution in [2.45, 2.75) is 18.9 Å². The Labute approximate surface area is 171 Å². The van der Waals surface area contributed by atoms with Crippen LogP contribution in [0.1, 0.15) is 34.1 Å². The number of thiophene rings is 1. The molecule has 1 amide bonds. The summed E-state index contributed by atoms with van der Waals surface area (Å²) in [6.07, 6.45) is 2.15. The monoisotopic (exact) mass is 411 g/mol. The topological polar surface area (TPSA) is 98.7 Å². The van der Waals surface area contributed by atoms with E-state index in [1.54, 1.807) is 37.6 Å². The average molecular weight is 411 g/mol. The van der Waals surface area contributed by atoms with E-state index in [0.29, 0.717) is 5.92 Å². The molecule has 0 saturated heterocycles. The van der Waals surface area contributed by atoms with Crippen molar-refractivity contribution in [3.63, 3.8) is 0 Å². The number of aromatic hydroxyl groups is 1. The Balaban J connectivity index is 1.63. The molecule has 7 nitrogen and oxygen atoms in total. The summed E-state index contributed by atoms with van der Waals surface area (Å²) in [4.78, 5) is 39.1. The van der Waals surface area contributed by atoms with Crippen molar-refractivity contribution in [1.29, 1.82) is 0 Å². The van der Waals surface area contributed by atoms with Gasteiger partial charge in [-0.1, -0.05) is 12.1 Å². The second-order valence-corrected chi connectivity index (χ2v) is 8.39. The highest BCUT2D eigenvalue weighted by Crippen LogP contribution is 2.44. The van der Waals surface area contributed by atoms with Gasteiger partial charge in [0.05, 0.1) is 17.3 Å². The quantitative estimate of drug-likeness (QED) is 0.408. The zero-order valence-corrected chi connectivity index (χ0v) is 16.9. The first kappa shape index (κ1) is 19.2. The minimum atomic E-state index is -0.642. The highest BCUT2D eigenvalue weighted by Gasteiger charge is 2.35. The fourth-order valence-electron chi connectivity index (χ4n) is 3.32. The number of phenolic OH excluding ortho intramolecular Hbond substituents is 1. The van der Waals surface area contributed by atoms with Gasteiger partial charge in [0.2, 0.25) is 0 Å². The molecule has 150 valence electrons. The lowest BCUT2D eigenvalue weighted by molar-refractivity contribution is 0.0824. The minimum absolute atomic E-state index is 0.0194. The van der Waals surface area contributed by atoms with Gasteiger partial charge in [-0.05, 0) is 42.3 Å². The predicted molar refractivity (Wildman–Crippen MR) is 114 cm³/mol. The maximum Gasteiger partial charge on any atom is 0.257 e. The molecular weight excluding hydrogens is 390 g/mol. The van der Waals surface area contributed by atoms with Crippen LogP contribution in [-0.2, 0) is 0 Å². The molecule has 1 heterocycles. The SMILES string of the molecule is CN(C)C(=O)c1cccc(Nc2c(N[C@@H](c3cccs3)C3CC3)c(=O)c2=O)c1O. The molecule has 1 fully saturated rings. The van der Waals surface area contributed by atoms with E-state index in [1.807, 2.05) is 17.5 Å². The molecule has 1 aliphatic rings. The van der Waals surface area contributed by atoms with Crippen LogP contribution in [0.4, 0.5) is 17.1 Å². The van der Waals surface area contributed by atoms with Crippen LogP contribution in [0.25, 0.3) is 0 Å². The highest BCUT2D eigenvalue weighted by molar-refractivity contribution is 7.10. The zero-order chi connectivity index (χ0) is 20.7. The van der Waals surface area contributed by atoms with Crippen LogP contribution in [0.3, 0.4) is 0 Å². The third kappa shape index (κ3) is 3.51. The summed E-state index contributed by atoms with van der Waals surface area (Å²) in [7, 11) is 3.17. The Bertz CT molecular complexity index is 1130. The van der Waals surface area contributed by atoms with Gasteiger partial charge in [0, 0.05) is 19.0 Å². The van der Waals surface area contributed by atoms with Crippen LogP contribution in [0.5, 0.6) is 5.75 Å². The molecule has 0 radical (unpaired) electrons. The van der Waals surface area contributed by atoms with Crippen LogP contribution in [-0.4, -0.2) is 30.0 Å². The van der Waals surface area contributed by atoms with Gasteiger partial charge < -0.3 is 20.6 Å². The van der Waals surface area contributed by atoms with E-state index in [4.69, 9.17) is 0 Å². The summed E-state index contributed by atoms with van der Waals surface area (Å²) in [5.74, 6) is -0.191. The average Bonchev–Trinajstić information content (AvgIpc) is 3.40. The Kier molecular flexibility index (Phi) is 4.87. The first-order chi connectivity index (χ1) is 13.9.